The maximum Gasteiger partial charge on any atom is 0.224 e. The van der Waals surface area contributed by atoms with Crippen LogP contribution in [0.5, 0.6) is 0 Å². The molecule has 29 heavy (non-hydrogen) atoms. The molecular formula is C20H36N4O5. The van der Waals surface area contributed by atoms with Crippen molar-refractivity contribution in [1.29, 1.82) is 0 Å². The van der Waals surface area contributed by atoms with Crippen LogP contribution in [0.1, 0.15) is 44.9 Å². The van der Waals surface area contributed by atoms with Crippen LogP contribution in [0.15, 0.2) is 5.29 Å². The minimum absolute atomic E-state index is 0.0630. The van der Waals surface area contributed by atoms with Crippen LogP contribution in [0.2, 0.25) is 0 Å². The summed E-state index contributed by atoms with van der Waals surface area (Å²) in [6, 6.07) is 0. The first-order valence-electron chi connectivity index (χ1n) is 10.8. The molecule has 0 unspecified atom stereocenters. The number of likely N-dealkylation sites (N-methyl/N-ethyl adjacent to an activating group) is 1. The molecule has 2 aliphatic rings. The largest absolute Gasteiger partial charge is 0.379 e. The third-order valence-corrected chi connectivity index (χ3v) is 6.26. The standard InChI is InChI=1S/C20H36N4O5/c1-23(22-27)11-13-29-15-14-28-12-8-19(25)24-9-6-17(7-10-24)16-2-4-18(5-3-16)20(21)26/h16-18H,2-15H2,1H3,(H2,21,26). The van der Waals surface area contributed by atoms with Crippen molar-refractivity contribution in [1.82, 2.24) is 9.91 Å². The lowest BCUT2D eigenvalue weighted by Gasteiger charge is -2.38. The summed E-state index contributed by atoms with van der Waals surface area (Å²) in [5.41, 5.74) is 5.42. The predicted molar refractivity (Wildman–Crippen MR) is 109 cm³/mol. The molecule has 166 valence electrons. The fourth-order valence-electron chi connectivity index (χ4n) is 4.37. The first kappa shape index (κ1) is 23.5. The van der Waals surface area contributed by atoms with Gasteiger partial charge in [0.2, 0.25) is 11.8 Å². The van der Waals surface area contributed by atoms with E-state index in [0.29, 0.717) is 51.2 Å². The molecule has 0 aromatic carbocycles. The first-order valence-corrected chi connectivity index (χ1v) is 10.8. The molecule has 1 saturated heterocycles. The third kappa shape index (κ3) is 8.26. The van der Waals surface area contributed by atoms with Crippen molar-refractivity contribution in [3.8, 4) is 0 Å². The smallest absolute Gasteiger partial charge is 0.224 e. The molecule has 0 atom stereocenters. The zero-order chi connectivity index (χ0) is 21.1. The molecule has 2 amide bonds. The molecule has 0 spiro atoms. The second-order valence-corrected chi connectivity index (χ2v) is 8.17. The van der Waals surface area contributed by atoms with Crippen molar-refractivity contribution >= 4 is 11.8 Å². The van der Waals surface area contributed by atoms with Crippen LogP contribution in [-0.2, 0) is 19.1 Å². The zero-order valence-electron chi connectivity index (χ0n) is 17.6. The summed E-state index contributed by atoms with van der Waals surface area (Å²) >= 11 is 0. The SMILES string of the molecule is CN(CCOCCOCCC(=O)N1CCC(C2CCC(C(N)=O)CC2)CC1)N=O. The number of amides is 2. The summed E-state index contributed by atoms with van der Waals surface area (Å²) in [5, 5.41) is 4.03. The van der Waals surface area contributed by atoms with Crippen LogP contribution < -0.4 is 5.73 Å². The highest BCUT2D eigenvalue weighted by molar-refractivity contribution is 5.77. The van der Waals surface area contributed by atoms with Crippen molar-refractivity contribution < 1.29 is 19.1 Å². The van der Waals surface area contributed by atoms with Gasteiger partial charge < -0.3 is 20.1 Å². The minimum atomic E-state index is -0.152. The molecule has 1 heterocycles. The first-order chi connectivity index (χ1) is 14.0. The van der Waals surface area contributed by atoms with E-state index in [0.717, 1.165) is 51.6 Å². The van der Waals surface area contributed by atoms with E-state index >= 15 is 0 Å². The topological polar surface area (TPSA) is 115 Å². The number of piperidine rings is 1. The molecule has 2 N–H and O–H groups in total. The van der Waals surface area contributed by atoms with Crippen LogP contribution in [0.3, 0.4) is 0 Å². The van der Waals surface area contributed by atoms with Gasteiger partial charge >= 0.3 is 0 Å². The molecule has 9 heteroatoms. The Hall–Kier alpha value is -1.74. The lowest BCUT2D eigenvalue weighted by molar-refractivity contribution is -0.134. The van der Waals surface area contributed by atoms with Crippen LogP contribution in [-0.4, -0.2) is 74.8 Å². The number of primary amides is 1. The van der Waals surface area contributed by atoms with Gasteiger partial charge in [-0.2, -0.15) is 0 Å². The summed E-state index contributed by atoms with van der Waals surface area (Å²) in [5.74, 6) is 1.40. The number of nitrogens with two attached hydrogens (primary N) is 1. The van der Waals surface area contributed by atoms with Gasteiger partial charge in [0.25, 0.3) is 0 Å². The molecule has 0 bridgehead atoms. The maximum absolute atomic E-state index is 12.4. The normalized spacial score (nSPS) is 23.0. The van der Waals surface area contributed by atoms with E-state index < -0.39 is 0 Å². The van der Waals surface area contributed by atoms with Crippen molar-refractivity contribution in [2.24, 2.45) is 28.8 Å². The second-order valence-electron chi connectivity index (χ2n) is 8.17. The number of rotatable bonds is 12. The van der Waals surface area contributed by atoms with Gasteiger partial charge in [-0.1, -0.05) is 0 Å². The van der Waals surface area contributed by atoms with E-state index in [4.69, 9.17) is 15.2 Å². The highest BCUT2D eigenvalue weighted by atomic mass is 16.5. The monoisotopic (exact) mass is 412 g/mol. The van der Waals surface area contributed by atoms with Crippen LogP contribution in [0.25, 0.3) is 0 Å². The number of hydrogen-bond donors (Lipinski definition) is 1. The summed E-state index contributed by atoms with van der Waals surface area (Å²) in [6.07, 6.45) is 6.52. The lowest BCUT2D eigenvalue weighted by Crippen LogP contribution is -2.41. The Labute approximate surface area is 173 Å². The highest BCUT2D eigenvalue weighted by Crippen LogP contribution is 2.37. The molecule has 0 radical (unpaired) electrons. The minimum Gasteiger partial charge on any atom is -0.379 e. The molecule has 0 aromatic heterocycles. The lowest BCUT2D eigenvalue weighted by atomic mass is 9.72. The van der Waals surface area contributed by atoms with E-state index in [1.807, 2.05) is 4.90 Å². The number of carbonyl (C=O) groups excluding carboxylic acids is 2. The van der Waals surface area contributed by atoms with Gasteiger partial charge in [0.1, 0.15) is 0 Å². The van der Waals surface area contributed by atoms with Crippen LogP contribution >= 0.6 is 0 Å². The molecule has 2 fully saturated rings. The summed E-state index contributed by atoms with van der Waals surface area (Å²) < 4.78 is 10.8. The molecule has 2 rings (SSSR count). The van der Waals surface area contributed by atoms with Crippen molar-refractivity contribution in [3.63, 3.8) is 0 Å². The van der Waals surface area contributed by atoms with Crippen molar-refractivity contribution in [3.05, 3.63) is 4.91 Å². The third-order valence-electron chi connectivity index (χ3n) is 6.26. The van der Waals surface area contributed by atoms with Crippen molar-refractivity contribution in [2.75, 3.05) is 53.1 Å². The number of nitrogens with zero attached hydrogens (tertiary/aromatic N) is 3. The van der Waals surface area contributed by atoms with E-state index in [-0.39, 0.29) is 17.7 Å². The van der Waals surface area contributed by atoms with E-state index in [1.165, 1.54) is 5.01 Å². The maximum atomic E-state index is 12.4. The molecule has 1 saturated carbocycles. The van der Waals surface area contributed by atoms with Gasteiger partial charge in [-0.3, -0.25) is 14.6 Å². The Balaban J connectivity index is 1.50. The molecule has 9 nitrogen and oxygen atoms in total. The fraction of sp³-hybridized carbons (Fsp3) is 0.900. The molecule has 1 aliphatic carbocycles. The number of hydrogen-bond acceptors (Lipinski definition) is 6. The van der Waals surface area contributed by atoms with Crippen LogP contribution in [0, 0.1) is 22.7 Å². The highest BCUT2D eigenvalue weighted by Gasteiger charge is 2.32. The number of carbonyl (C=O) groups is 2. The summed E-state index contributed by atoms with van der Waals surface area (Å²) in [6.45, 7) is 3.77. The Morgan fingerprint density at radius 3 is 2.14 bits per heavy atom. The number of nitroso groups, excluding NO2 is 1. The average Bonchev–Trinajstić information content (AvgIpc) is 2.75. The Morgan fingerprint density at radius 2 is 1.55 bits per heavy atom. The second kappa shape index (κ2) is 12.7. The zero-order valence-corrected chi connectivity index (χ0v) is 17.6. The summed E-state index contributed by atoms with van der Waals surface area (Å²) in [4.78, 5) is 35.8. The Kier molecular flexibility index (Phi) is 10.3. The van der Waals surface area contributed by atoms with Gasteiger partial charge in [-0.15, -0.1) is 4.91 Å². The predicted octanol–water partition coefficient (Wildman–Crippen LogP) is 1.55. The van der Waals surface area contributed by atoms with Gasteiger partial charge in [0, 0.05) is 26.1 Å². The number of likely N-dealkylation sites (tertiary alicyclic amines) is 1. The fourth-order valence-corrected chi connectivity index (χ4v) is 4.37. The van der Waals surface area contributed by atoms with Crippen molar-refractivity contribution in [2.45, 2.75) is 44.9 Å². The van der Waals surface area contributed by atoms with Gasteiger partial charge in [0.15, 0.2) is 0 Å². The van der Waals surface area contributed by atoms with Gasteiger partial charge in [0.05, 0.1) is 44.7 Å². The Morgan fingerprint density at radius 1 is 0.966 bits per heavy atom. The Bertz CT molecular complexity index is 517. The summed E-state index contributed by atoms with van der Waals surface area (Å²) in [7, 11) is 1.59. The molecular weight excluding hydrogens is 376 g/mol. The quantitative estimate of drug-likeness (QED) is 0.295. The molecule has 0 aromatic rings. The molecule has 1 aliphatic heterocycles. The number of ether oxygens (including phenoxy) is 2. The van der Waals surface area contributed by atoms with Crippen LogP contribution in [0.4, 0.5) is 0 Å². The van der Waals surface area contributed by atoms with E-state index in [2.05, 4.69) is 5.29 Å². The van der Waals surface area contributed by atoms with E-state index in [1.54, 1.807) is 7.05 Å². The van der Waals surface area contributed by atoms with Gasteiger partial charge in [-0.25, -0.2) is 0 Å². The van der Waals surface area contributed by atoms with E-state index in [9.17, 15) is 14.5 Å². The average molecular weight is 413 g/mol. The van der Waals surface area contributed by atoms with Gasteiger partial charge in [-0.05, 0) is 50.4 Å².